The number of benzene rings is 2. The fourth-order valence-electron chi connectivity index (χ4n) is 3.44. The van der Waals surface area contributed by atoms with Crippen molar-refractivity contribution in [2.45, 2.75) is 19.4 Å². The van der Waals surface area contributed by atoms with E-state index in [0.29, 0.717) is 5.82 Å². The monoisotopic (exact) mass is 384 g/mol. The molecule has 1 unspecified atom stereocenters. The second kappa shape index (κ2) is 8.06. The van der Waals surface area contributed by atoms with Crippen LogP contribution in [0.5, 0.6) is 0 Å². The maximum absolute atomic E-state index is 12.7. The number of amides is 2. The van der Waals surface area contributed by atoms with Crippen molar-refractivity contribution >= 4 is 23.7 Å². The third kappa shape index (κ3) is 4.06. The van der Waals surface area contributed by atoms with Crippen molar-refractivity contribution < 1.29 is 9.59 Å². The van der Waals surface area contributed by atoms with Gasteiger partial charge in [0, 0.05) is 18.7 Å². The minimum atomic E-state index is -0.356. The van der Waals surface area contributed by atoms with E-state index in [9.17, 15) is 9.59 Å². The number of nitrogens with zero attached hydrogens (tertiary/aromatic N) is 3. The lowest BCUT2D eigenvalue weighted by molar-refractivity contribution is -0.129. The molecule has 0 aliphatic carbocycles. The molecule has 2 aromatic carbocycles. The van der Waals surface area contributed by atoms with E-state index >= 15 is 0 Å². The molecule has 1 aromatic heterocycles. The molecule has 1 N–H and O–H groups in total. The first-order valence-electron chi connectivity index (χ1n) is 9.37. The number of hydrogen-bond acceptors (Lipinski definition) is 4. The minimum Gasteiger partial charge on any atom is -0.311 e. The molecule has 4 rings (SSSR count). The van der Waals surface area contributed by atoms with Gasteiger partial charge in [0.2, 0.25) is 11.8 Å². The van der Waals surface area contributed by atoms with Gasteiger partial charge in [0.15, 0.2) is 5.82 Å². The first kappa shape index (κ1) is 18.6. The third-order valence-electron chi connectivity index (χ3n) is 4.85. The van der Waals surface area contributed by atoms with Gasteiger partial charge in [-0.1, -0.05) is 54.6 Å². The molecule has 0 saturated heterocycles. The van der Waals surface area contributed by atoms with Gasteiger partial charge in [-0.25, -0.2) is 0 Å². The number of fused-ring (bicyclic) bond motifs is 1. The zero-order valence-electron chi connectivity index (χ0n) is 15.9. The first-order chi connectivity index (χ1) is 14.1. The zero-order chi connectivity index (χ0) is 20.2. The summed E-state index contributed by atoms with van der Waals surface area (Å²) in [5, 5.41) is 11.1. The summed E-state index contributed by atoms with van der Waals surface area (Å²) in [7, 11) is 0. The summed E-state index contributed by atoms with van der Waals surface area (Å²) in [5.74, 6) is 0.0392. The van der Waals surface area contributed by atoms with Crippen LogP contribution in [0.2, 0.25) is 0 Å². The van der Waals surface area contributed by atoms with Crippen molar-refractivity contribution in [1.29, 1.82) is 0 Å². The molecule has 0 spiro atoms. The van der Waals surface area contributed by atoms with Gasteiger partial charge in [-0.05, 0) is 29.3 Å². The van der Waals surface area contributed by atoms with Gasteiger partial charge in [-0.2, -0.15) is 0 Å². The Morgan fingerprint density at radius 1 is 0.966 bits per heavy atom. The number of aromatic nitrogens is 2. The second-order valence-corrected chi connectivity index (χ2v) is 6.81. The molecule has 144 valence electrons. The number of carbonyl (C=O) groups excluding carboxylic acids is 2. The Hall–Kier alpha value is -3.80. The SMILES string of the molecule is CC(=O)N1C=Cc2ccccc2C1CC(=O)Nc1ccc(-c2ccccc2)nn1. The van der Waals surface area contributed by atoms with Gasteiger partial charge in [0.1, 0.15) is 0 Å². The molecule has 0 fully saturated rings. The zero-order valence-corrected chi connectivity index (χ0v) is 15.9. The molecule has 1 aliphatic rings. The normalized spacial score (nSPS) is 14.9. The maximum atomic E-state index is 12.7. The highest BCUT2D eigenvalue weighted by molar-refractivity contribution is 5.91. The Morgan fingerprint density at radius 3 is 2.45 bits per heavy atom. The van der Waals surface area contributed by atoms with Crippen LogP contribution in [0.15, 0.2) is 72.9 Å². The molecule has 1 atom stereocenters. The van der Waals surface area contributed by atoms with Gasteiger partial charge in [-0.3, -0.25) is 9.59 Å². The predicted molar refractivity (Wildman–Crippen MR) is 111 cm³/mol. The smallest absolute Gasteiger partial charge is 0.228 e. The molecule has 2 amide bonds. The van der Waals surface area contributed by atoms with Crippen LogP contribution in [0.1, 0.15) is 30.5 Å². The fraction of sp³-hybridized carbons (Fsp3) is 0.130. The van der Waals surface area contributed by atoms with Gasteiger partial charge in [-0.15, -0.1) is 10.2 Å². The van der Waals surface area contributed by atoms with Gasteiger partial charge in [0.25, 0.3) is 0 Å². The Labute approximate surface area is 168 Å². The molecule has 0 saturated carbocycles. The van der Waals surface area contributed by atoms with Gasteiger partial charge >= 0.3 is 0 Å². The van der Waals surface area contributed by atoms with E-state index in [4.69, 9.17) is 0 Å². The summed E-state index contributed by atoms with van der Waals surface area (Å²) >= 11 is 0. The Balaban J connectivity index is 1.49. The lowest BCUT2D eigenvalue weighted by Gasteiger charge is -2.32. The van der Waals surface area contributed by atoms with Crippen LogP contribution < -0.4 is 5.32 Å². The molecular formula is C23H20N4O2. The molecular weight excluding hydrogens is 364 g/mol. The highest BCUT2D eigenvalue weighted by atomic mass is 16.2. The molecule has 1 aliphatic heterocycles. The van der Waals surface area contributed by atoms with Gasteiger partial charge in [0.05, 0.1) is 18.2 Å². The van der Waals surface area contributed by atoms with Crippen LogP contribution in [0.3, 0.4) is 0 Å². The molecule has 0 radical (unpaired) electrons. The molecule has 0 bridgehead atoms. The van der Waals surface area contributed by atoms with E-state index in [0.717, 1.165) is 22.4 Å². The second-order valence-electron chi connectivity index (χ2n) is 6.81. The summed E-state index contributed by atoms with van der Waals surface area (Å²) in [4.78, 5) is 26.3. The van der Waals surface area contributed by atoms with E-state index in [2.05, 4.69) is 15.5 Å². The Bertz CT molecular complexity index is 1060. The first-order valence-corrected chi connectivity index (χ1v) is 9.37. The number of carbonyl (C=O) groups is 2. The number of anilines is 1. The predicted octanol–water partition coefficient (Wildman–Crippen LogP) is 4.05. The molecule has 3 aromatic rings. The van der Waals surface area contributed by atoms with E-state index in [-0.39, 0.29) is 24.3 Å². The number of rotatable bonds is 4. The van der Waals surface area contributed by atoms with Crippen molar-refractivity contribution in [1.82, 2.24) is 15.1 Å². The van der Waals surface area contributed by atoms with E-state index in [1.54, 1.807) is 17.2 Å². The van der Waals surface area contributed by atoms with Crippen LogP contribution in [0, 0.1) is 0 Å². The van der Waals surface area contributed by atoms with E-state index in [1.807, 2.05) is 66.7 Å². The average molecular weight is 384 g/mol. The van der Waals surface area contributed by atoms with Crippen molar-refractivity contribution in [3.8, 4) is 11.3 Å². The average Bonchev–Trinajstić information content (AvgIpc) is 2.75. The Morgan fingerprint density at radius 2 is 1.72 bits per heavy atom. The summed E-state index contributed by atoms with van der Waals surface area (Å²) in [5.41, 5.74) is 3.65. The lowest BCUT2D eigenvalue weighted by atomic mass is 9.93. The highest BCUT2D eigenvalue weighted by Gasteiger charge is 2.28. The third-order valence-corrected chi connectivity index (χ3v) is 4.85. The summed E-state index contributed by atoms with van der Waals surface area (Å²) < 4.78 is 0. The summed E-state index contributed by atoms with van der Waals surface area (Å²) in [6.45, 7) is 1.50. The van der Waals surface area contributed by atoms with Crippen LogP contribution in [0.25, 0.3) is 17.3 Å². The van der Waals surface area contributed by atoms with Crippen LogP contribution in [-0.2, 0) is 9.59 Å². The quantitative estimate of drug-likeness (QED) is 0.736. The fourth-order valence-corrected chi connectivity index (χ4v) is 3.44. The maximum Gasteiger partial charge on any atom is 0.228 e. The Kier molecular flexibility index (Phi) is 5.16. The molecule has 6 heteroatoms. The van der Waals surface area contributed by atoms with Crippen LogP contribution in [0.4, 0.5) is 5.82 Å². The number of hydrogen-bond donors (Lipinski definition) is 1. The lowest BCUT2D eigenvalue weighted by Crippen LogP contribution is -2.33. The largest absolute Gasteiger partial charge is 0.311 e. The van der Waals surface area contributed by atoms with Crippen molar-refractivity contribution in [3.05, 3.63) is 84.1 Å². The molecule has 6 nitrogen and oxygen atoms in total. The van der Waals surface area contributed by atoms with Crippen molar-refractivity contribution in [3.63, 3.8) is 0 Å². The van der Waals surface area contributed by atoms with E-state index in [1.165, 1.54) is 6.92 Å². The van der Waals surface area contributed by atoms with Crippen molar-refractivity contribution in [2.75, 3.05) is 5.32 Å². The standard InChI is InChI=1S/C23H20N4O2/c1-16(28)27-14-13-17-7-5-6-10-19(17)21(27)15-23(29)24-22-12-11-20(25-26-22)18-8-3-2-4-9-18/h2-14,21H,15H2,1H3,(H,24,26,29). The summed E-state index contributed by atoms with van der Waals surface area (Å²) in [6.07, 6.45) is 3.75. The highest BCUT2D eigenvalue weighted by Crippen LogP contribution is 2.33. The topological polar surface area (TPSA) is 75.2 Å². The molecule has 2 heterocycles. The van der Waals surface area contributed by atoms with E-state index < -0.39 is 0 Å². The minimum absolute atomic E-state index is 0.111. The molecule has 29 heavy (non-hydrogen) atoms. The van der Waals surface area contributed by atoms with Crippen molar-refractivity contribution in [2.24, 2.45) is 0 Å². The van der Waals surface area contributed by atoms with Gasteiger partial charge < -0.3 is 10.2 Å². The number of nitrogens with one attached hydrogen (secondary N) is 1. The summed E-state index contributed by atoms with van der Waals surface area (Å²) in [6, 6.07) is 20.7. The van der Waals surface area contributed by atoms with Crippen LogP contribution >= 0.6 is 0 Å². The van der Waals surface area contributed by atoms with Crippen LogP contribution in [-0.4, -0.2) is 26.9 Å².